The van der Waals surface area contributed by atoms with Gasteiger partial charge in [0.1, 0.15) is 10.4 Å². The highest BCUT2D eigenvalue weighted by molar-refractivity contribution is 9.18. The van der Waals surface area contributed by atoms with Crippen LogP contribution >= 0.6 is 15.9 Å². The first-order valence-electron chi connectivity index (χ1n) is 5.77. The zero-order chi connectivity index (χ0) is 12.3. The molecule has 4 nitrogen and oxygen atoms in total. The molecule has 1 aromatic heterocycles. The van der Waals surface area contributed by atoms with Crippen molar-refractivity contribution in [2.24, 2.45) is 0 Å². The molecule has 17 heavy (non-hydrogen) atoms. The fourth-order valence-corrected chi connectivity index (χ4v) is 2.12. The Kier molecular flexibility index (Phi) is 3.99. The largest absolute Gasteiger partial charge is 0.394 e. The molecule has 92 valence electrons. The van der Waals surface area contributed by atoms with Crippen LogP contribution in [0.25, 0.3) is 0 Å². The quantitative estimate of drug-likeness (QED) is 0.822. The van der Waals surface area contributed by atoms with E-state index < -0.39 is 0 Å². The molecular weight excluding hydrogens is 282 g/mol. The highest BCUT2D eigenvalue weighted by atomic mass is 79.9. The molecule has 0 spiro atoms. The molecule has 0 saturated heterocycles. The number of hydrogen-bond donors (Lipinski definition) is 2. The maximum Gasteiger partial charge on any atom is 0.141 e. The van der Waals surface area contributed by atoms with Gasteiger partial charge in [-0.25, -0.2) is 0 Å². The fraction of sp³-hybridized carbons (Fsp3) is 0.500. The van der Waals surface area contributed by atoms with E-state index in [1.54, 1.807) is 6.20 Å². The van der Waals surface area contributed by atoms with Crippen LogP contribution in [0, 0.1) is 5.41 Å². The predicted octanol–water partition coefficient (Wildman–Crippen LogP) is 2.96. The smallest absolute Gasteiger partial charge is 0.141 e. The lowest BCUT2D eigenvalue weighted by molar-refractivity contribution is 0.350. The molecule has 1 saturated carbocycles. The van der Waals surface area contributed by atoms with Gasteiger partial charge in [-0.2, -0.15) is 0 Å². The van der Waals surface area contributed by atoms with Gasteiger partial charge >= 0.3 is 0 Å². The van der Waals surface area contributed by atoms with Crippen LogP contribution in [0.3, 0.4) is 0 Å². The standard InChI is InChI=1S/C12H16BrN3O/c1-15-7-9(12(13)14)5-10-6-11(16-17-10)8-3-2-4-8/h6-8,14-15H,2-5H2,1H3/b9-7-,14-12?. The zero-order valence-corrected chi connectivity index (χ0v) is 11.4. The molecule has 0 bridgehead atoms. The minimum Gasteiger partial charge on any atom is -0.394 e. The summed E-state index contributed by atoms with van der Waals surface area (Å²) >= 11 is 3.17. The molecule has 5 heteroatoms. The van der Waals surface area contributed by atoms with E-state index in [-0.39, 0.29) is 0 Å². The molecule has 2 N–H and O–H groups in total. The second-order valence-corrected chi connectivity index (χ2v) is 5.09. The van der Waals surface area contributed by atoms with Crippen molar-refractivity contribution in [1.29, 1.82) is 5.41 Å². The molecule has 0 aliphatic heterocycles. The molecule has 0 amide bonds. The maximum absolute atomic E-state index is 7.59. The van der Waals surface area contributed by atoms with Gasteiger partial charge in [0, 0.05) is 37.2 Å². The summed E-state index contributed by atoms with van der Waals surface area (Å²) in [5.41, 5.74) is 1.92. The van der Waals surface area contributed by atoms with Gasteiger partial charge in [0.05, 0.1) is 5.69 Å². The first kappa shape index (κ1) is 12.4. The number of aromatic nitrogens is 1. The summed E-state index contributed by atoms with van der Waals surface area (Å²) in [6.45, 7) is 0. The third-order valence-corrected chi connectivity index (χ3v) is 3.58. The Bertz CT molecular complexity index is 435. The van der Waals surface area contributed by atoms with E-state index in [4.69, 9.17) is 9.93 Å². The molecule has 0 atom stereocenters. The van der Waals surface area contributed by atoms with E-state index in [0.717, 1.165) is 17.0 Å². The molecule has 1 aliphatic rings. The van der Waals surface area contributed by atoms with Gasteiger partial charge in [0.2, 0.25) is 0 Å². The van der Waals surface area contributed by atoms with Crippen molar-refractivity contribution in [2.75, 3.05) is 7.05 Å². The van der Waals surface area contributed by atoms with Crippen molar-refractivity contribution in [2.45, 2.75) is 31.6 Å². The average Bonchev–Trinajstić information content (AvgIpc) is 2.63. The van der Waals surface area contributed by atoms with Crippen LogP contribution in [0.15, 0.2) is 22.4 Å². The van der Waals surface area contributed by atoms with Gasteiger partial charge in [0.25, 0.3) is 0 Å². The topological polar surface area (TPSA) is 61.9 Å². The van der Waals surface area contributed by atoms with Crippen molar-refractivity contribution < 1.29 is 4.52 Å². The van der Waals surface area contributed by atoms with Crippen molar-refractivity contribution in [3.05, 3.63) is 29.3 Å². The van der Waals surface area contributed by atoms with Crippen molar-refractivity contribution in [1.82, 2.24) is 10.5 Å². The minimum absolute atomic E-state index is 0.369. The Morgan fingerprint density at radius 3 is 3.00 bits per heavy atom. The van der Waals surface area contributed by atoms with Crippen LogP contribution in [0.4, 0.5) is 0 Å². The van der Waals surface area contributed by atoms with Gasteiger partial charge in [-0.1, -0.05) is 11.6 Å². The van der Waals surface area contributed by atoms with Gasteiger partial charge < -0.3 is 9.84 Å². The van der Waals surface area contributed by atoms with Gasteiger partial charge in [-0.3, -0.25) is 5.41 Å². The molecule has 1 heterocycles. The molecule has 1 aliphatic carbocycles. The second kappa shape index (κ2) is 5.49. The van der Waals surface area contributed by atoms with E-state index >= 15 is 0 Å². The normalized spacial score (nSPS) is 16.7. The van der Waals surface area contributed by atoms with Gasteiger partial charge in [-0.05, 0) is 28.8 Å². The molecular formula is C12H16BrN3O. The molecule has 1 fully saturated rings. The van der Waals surface area contributed by atoms with Crippen LogP contribution < -0.4 is 5.32 Å². The monoisotopic (exact) mass is 297 g/mol. The predicted molar refractivity (Wildman–Crippen MR) is 70.6 cm³/mol. The van der Waals surface area contributed by atoms with Crippen LogP contribution in [0.1, 0.15) is 36.6 Å². The summed E-state index contributed by atoms with van der Waals surface area (Å²) in [5.74, 6) is 1.41. The first-order valence-corrected chi connectivity index (χ1v) is 6.56. The molecule has 0 aromatic carbocycles. The highest BCUT2D eigenvalue weighted by Crippen LogP contribution is 2.35. The SMILES string of the molecule is CN/C=C(/Cc1cc(C2CCC2)no1)C(=N)Br. The van der Waals surface area contributed by atoms with E-state index in [1.807, 2.05) is 13.1 Å². The Labute approximate surface area is 109 Å². The van der Waals surface area contributed by atoms with Gasteiger partial charge in [0.15, 0.2) is 0 Å². The number of nitrogens with one attached hydrogen (secondary N) is 2. The summed E-state index contributed by atoms with van der Waals surface area (Å²) in [5, 5.41) is 14.6. The highest BCUT2D eigenvalue weighted by Gasteiger charge is 2.23. The fourth-order valence-electron chi connectivity index (χ4n) is 1.86. The average molecular weight is 298 g/mol. The Hall–Kier alpha value is -1.10. The summed E-state index contributed by atoms with van der Waals surface area (Å²) in [6, 6.07) is 2.02. The van der Waals surface area contributed by atoms with Crippen molar-refractivity contribution in [3.8, 4) is 0 Å². The van der Waals surface area contributed by atoms with Crippen molar-refractivity contribution >= 4 is 20.6 Å². The third-order valence-electron chi connectivity index (χ3n) is 3.07. The Balaban J connectivity index is 2.04. The van der Waals surface area contributed by atoms with Crippen LogP contribution in [0.2, 0.25) is 0 Å². The Morgan fingerprint density at radius 2 is 2.47 bits per heavy atom. The van der Waals surface area contributed by atoms with E-state index in [2.05, 4.69) is 26.4 Å². The van der Waals surface area contributed by atoms with Crippen LogP contribution in [-0.2, 0) is 6.42 Å². The number of halogens is 1. The molecule has 0 unspecified atom stereocenters. The van der Waals surface area contributed by atoms with Gasteiger partial charge in [-0.15, -0.1) is 0 Å². The van der Waals surface area contributed by atoms with E-state index in [9.17, 15) is 0 Å². The molecule has 1 aromatic rings. The van der Waals surface area contributed by atoms with E-state index in [0.29, 0.717) is 17.0 Å². The minimum atomic E-state index is 0.369. The lowest BCUT2D eigenvalue weighted by Gasteiger charge is -2.22. The molecule has 2 rings (SSSR count). The number of hydrogen-bond acceptors (Lipinski definition) is 4. The zero-order valence-electron chi connectivity index (χ0n) is 9.79. The van der Waals surface area contributed by atoms with E-state index in [1.165, 1.54) is 19.3 Å². The number of nitrogens with zero attached hydrogens (tertiary/aromatic N) is 1. The lowest BCUT2D eigenvalue weighted by Crippen LogP contribution is -2.08. The number of rotatable bonds is 5. The lowest BCUT2D eigenvalue weighted by atomic mass is 9.83. The van der Waals surface area contributed by atoms with Crippen LogP contribution in [-0.4, -0.2) is 16.8 Å². The maximum atomic E-state index is 7.59. The summed E-state index contributed by atoms with van der Waals surface area (Å²) in [4.78, 5) is 0. The Morgan fingerprint density at radius 1 is 1.71 bits per heavy atom. The summed E-state index contributed by atoms with van der Waals surface area (Å²) in [7, 11) is 1.82. The summed E-state index contributed by atoms with van der Waals surface area (Å²) in [6.07, 6.45) is 6.12. The summed E-state index contributed by atoms with van der Waals surface area (Å²) < 4.78 is 5.68. The second-order valence-electron chi connectivity index (χ2n) is 4.29. The number of allylic oxidation sites excluding steroid dienone is 1. The van der Waals surface area contributed by atoms with Crippen LogP contribution in [0.5, 0.6) is 0 Å². The van der Waals surface area contributed by atoms with Crippen molar-refractivity contribution in [3.63, 3.8) is 0 Å². The third kappa shape index (κ3) is 2.97. The molecule has 0 radical (unpaired) electrons. The first-order chi connectivity index (χ1) is 8.20.